The zero-order valence-corrected chi connectivity index (χ0v) is 10.1. The van der Waals surface area contributed by atoms with E-state index in [1.807, 2.05) is 0 Å². The highest BCUT2D eigenvalue weighted by Crippen LogP contribution is 2.09. The maximum Gasteiger partial charge on any atom is 0.267 e. The number of amides is 2. The van der Waals surface area contributed by atoms with Crippen LogP contribution in [0.2, 0.25) is 0 Å². The average molecular weight is 236 g/mol. The SMILES string of the molecule is CC(Nc1ccnc(C(N)=O)c1)C(=O)N(C)C. The molecule has 0 aliphatic rings. The summed E-state index contributed by atoms with van der Waals surface area (Å²) in [4.78, 5) is 27.9. The van der Waals surface area contributed by atoms with Gasteiger partial charge < -0.3 is 16.0 Å². The summed E-state index contributed by atoms with van der Waals surface area (Å²) in [5.74, 6) is -0.650. The number of nitrogens with one attached hydrogen (secondary N) is 1. The van der Waals surface area contributed by atoms with Gasteiger partial charge in [-0.3, -0.25) is 14.6 Å². The molecule has 1 rings (SSSR count). The van der Waals surface area contributed by atoms with Crippen molar-refractivity contribution >= 4 is 17.5 Å². The molecule has 0 bridgehead atoms. The lowest BCUT2D eigenvalue weighted by atomic mass is 10.2. The van der Waals surface area contributed by atoms with Gasteiger partial charge in [-0.25, -0.2) is 0 Å². The summed E-state index contributed by atoms with van der Waals surface area (Å²) < 4.78 is 0. The second-order valence-corrected chi connectivity index (χ2v) is 3.89. The summed E-state index contributed by atoms with van der Waals surface area (Å²) in [6.07, 6.45) is 1.47. The number of aromatic nitrogens is 1. The molecule has 6 nitrogen and oxygen atoms in total. The molecule has 1 aromatic heterocycles. The van der Waals surface area contributed by atoms with Crippen LogP contribution in [0, 0.1) is 0 Å². The number of carbonyl (C=O) groups is 2. The van der Waals surface area contributed by atoms with E-state index >= 15 is 0 Å². The lowest BCUT2D eigenvalue weighted by Gasteiger charge is -2.18. The number of hydrogen-bond acceptors (Lipinski definition) is 4. The van der Waals surface area contributed by atoms with E-state index in [0.29, 0.717) is 5.69 Å². The molecule has 0 aromatic carbocycles. The molecule has 1 heterocycles. The van der Waals surface area contributed by atoms with Crippen LogP contribution >= 0.6 is 0 Å². The van der Waals surface area contributed by atoms with Crippen LogP contribution in [0.5, 0.6) is 0 Å². The molecule has 0 radical (unpaired) electrons. The largest absolute Gasteiger partial charge is 0.374 e. The monoisotopic (exact) mass is 236 g/mol. The highest BCUT2D eigenvalue weighted by molar-refractivity contribution is 5.92. The van der Waals surface area contributed by atoms with Gasteiger partial charge in [-0.15, -0.1) is 0 Å². The molecule has 92 valence electrons. The van der Waals surface area contributed by atoms with Crippen molar-refractivity contribution in [2.75, 3.05) is 19.4 Å². The minimum Gasteiger partial charge on any atom is -0.374 e. The predicted molar refractivity (Wildman–Crippen MR) is 64.5 cm³/mol. The van der Waals surface area contributed by atoms with Crippen LogP contribution in [-0.4, -0.2) is 41.8 Å². The van der Waals surface area contributed by atoms with E-state index in [-0.39, 0.29) is 17.6 Å². The van der Waals surface area contributed by atoms with Crippen molar-refractivity contribution < 1.29 is 9.59 Å². The molecular formula is C11H16N4O2. The van der Waals surface area contributed by atoms with Gasteiger partial charge in [0.25, 0.3) is 5.91 Å². The van der Waals surface area contributed by atoms with Crippen molar-refractivity contribution in [3.8, 4) is 0 Å². The van der Waals surface area contributed by atoms with Crippen LogP contribution in [0.15, 0.2) is 18.3 Å². The number of likely N-dealkylation sites (N-methyl/N-ethyl adjacent to an activating group) is 1. The Bertz CT molecular complexity index is 431. The van der Waals surface area contributed by atoms with Gasteiger partial charge in [-0.05, 0) is 19.1 Å². The summed E-state index contributed by atoms with van der Waals surface area (Å²) in [6, 6.07) is 2.81. The summed E-state index contributed by atoms with van der Waals surface area (Å²) in [7, 11) is 3.36. The van der Waals surface area contributed by atoms with Crippen LogP contribution in [-0.2, 0) is 4.79 Å². The first-order valence-electron chi connectivity index (χ1n) is 5.15. The lowest BCUT2D eigenvalue weighted by Crippen LogP contribution is -2.36. The smallest absolute Gasteiger partial charge is 0.267 e. The Kier molecular flexibility index (Phi) is 4.03. The summed E-state index contributed by atoms with van der Waals surface area (Å²) >= 11 is 0. The molecule has 1 unspecified atom stereocenters. The van der Waals surface area contributed by atoms with E-state index in [0.717, 1.165) is 0 Å². The first-order valence-corrected chi connectivity index (χ1v) is 5.15. The standard InChI is InChI=1S/C11H16N4O2/c1-7(11(17)15(2)3)14-8-4-5-13-9(6-8)10(12)16/h4-7H,1-3H3,(H2,12,16)(H,13,14). The van der Waals surface area contributed by atoms with Gasteiger partial charge in [-0.1, -0.05) is 0 Å². The van der Waals surface area contributed by atoms with Crippen LogP contribution in [0.1, 0.15) is 17.4 Å². The molecule has 1 aromatic rings. The zero-order chi connectivity index (χ0) is 13.0. The molecule has 2 amide bonds. The first kappa shape index (κ1) is 13.0. The molecule has 0 saturated heterocycles. The molecule has 3 N–H and O–H groups in total. The Morgan fingerprint density at radius 2 is 2.12 bits per heavy atom. The van der Waals surface area contributed by atoms with Crippen molar-refractivity contribution in [1.82, 2.24) is 9.88 Å². The highest BCUT2D eigenvalue weighted by Gasteiger charge is 2.14. The zero-order valence-electron chi connectivity index (χ0n) is 10.1. The second kappa shape index (κ2) is 5.29. The third-order valence-corrected chi connectivity index (χ3v) is 2.21. The van der Waals surface area contributed by atoms with Crippen molar-refractivity contribution in [3.63, 3.8) is 0 Å². The molecular weight excluding hydrogens is 220 g/mol. The number of nitrogens with zero attached hydrogens (tertiary/aromatic N) is 2. The van der Waals surface area contributed by atoms with Crippen LogP contribution in [0.4, 0.5) is 5.69 Å². The molecule has 0 saturated carbocycles. The Morgan fingerprint density at radius 3 is 2.65 bits per heavy atom. The number of hydrogen-bond donors (Lipinski definition) is 2. The minimum absolute atomic E-state index is 0.0533. The molecule has 6 heteroatoms. The molecule has 1 atom stereocenters. The summed E-state index contributed by atoms with van der Waals surface area (Å²) in [6.45, 7) is 1.74. The van der Waals surface area contributed by atoms with E-state index in [1.165, 1.54) is 17.2 Å². The quantitative estimate of drug-likeness (QED) is 0.774. The number of primary amides is 1. The van der Waals surface area contributed by atoms with E-state index in [1.54, 1.807) is 27.1 Å². The van der Waals surface area contributed by atoms with Gasteiger partial charge in [0.1, 0.15) is 11.7 Å². The number of anilines is 1. The minimum atomic E-state index is -0.597. The Morgan fingerprint density at radius 1 is 1.47 bits per heavy atom. The van der Waals surface area contributed by atoms with Gasteiger partial charge in [0, 0.05) is 26.0 Å². The second-order valence-electron chi connectivity index (χ2n) is 3.89. The Hall–Kier alpha value is -2.11. The predicted octanol–water partition coefficient (Wildman–Crippen LogP) is 0.0691. The molecule has 17 heavy (non-hydrogen) atoms. The van der Waals surface area contributed by atoms with Crippen LogP contribution in [0.3, 0.4) is 0 Å². The fraction of sp³-hybridized carbons (Fsp3) is 0.364. The fourth-order valence-electron chi connectivity index (χ4n) is 1.35. The maximum absolute atomic E-state index is 11.6. The Balaban J connectivity index is 2.78. The lowest BCUT2D eigenvalue weighted by molar-refractivity contribution is -0.129. The van der Waals surface area contributed by atoms with Gasteiger partial charge in [0.05, 0.1) is 0 Å². The first-order chi connectivity index (χ1) is 7.91. The summed E-state index contributed by atoms with van der Waals surface area (Å²) in [5, 5.41) is 2.98. The van der Waals surface area contributed by atoms with Crippen LogP contribution < -0.4 is 11.1 Å². The highest BCUT2D eigenvalue weighted by atomic mass is 16.2. The summed E-state index contributed by atoms with van der Waals surface area (Å²) in [5.41, 5.74) is 5.92. The maximum atomic E-state index is 11.6. The van der Waals surface area contributed by atoms with E-state index < -0.39 is 5.91 Å². The van der Waals surface area contributed by atoms with Crippen LogP contribution in [0.25, 0.3) is 0 Å². The van der Waals surface area contributed by atoms with Gasteiger partial charge in [-0.2, -0.15) is 0 Å². The fourth-order valence-corrected chi connectivity index (χ4v) is 1.35. The molecule has 0 aliphatic carbocycles. The molecule has 0 spiro atoms. The van der Waals surface area contributed by atoms with Crippen molar-refractivity contribution in [2.45, 2.75) is 13.0 Å². The van der Waals surface area contributed by atoms with E-state index in [2.05, 4.69) is 10.3 Å². The molecule has 0 fully saturated rings. The third-order valence-electron chi connectivity index (χ3n) is 2.21. The Labute approximate surface area is 99.8 Å². The van der Waals surface area contributed by atoms with Gasteiger partial charge in [0.15, 0.2) is 0 Å². The number of carbonyl (C=O) groups excluding carboxylic acids is 2. The average Bonchev–Trinajstić information content (AvgIpc) is 2.28. The number of rotatable bonds is 4. The normalized spacial score (nSPS) is 11.7. The van der Waals surface area contributed by atoms with Gasteiger partial charge >= 0.3 is 0 Å². The number of nitrogens with two attached hydrogens (primary N) is 1. The topological polar surface area (TPSA) is 88.3 Å². The van der Waals surface area contributed by atoms with Crippen molar-refractivity contribution in [1.29, 1.82) is 0 Å². The third kappa shape index (κ3) is 3.44. The van der Waals surface area contributed by atoms with E-state index in [9.17, 15) is 9.59 Å². The van der Waals surface area contributed by atoms with Crippen molar-refractivity contribution in [3.05, 3.63) is 24.0 Å². The van der Waals surface area contributed by atoms with Crippen molar-refractivity contribution in [2.24, 2.45) is 5.73 Å². The van der Waals surface area contributed by atoms with Gasteiger partial charge in [0.2, 0.25) is 5.91 Å². The molecule has 0 aliphatic heterocycles. The number of pyridine rings is 1. The van der Waals surface area contributed by atoms with E-state index in [4.69, 9.17) is 5.73 Å².